The van der Waals surface area contributed by atoms with Crippen LogP contribution in [0.1, 0.15) is 18.9 Å². The minimum atomic E-state index is -0.465. The van der Waals surface area contributed by atoms with E-state index in [-0.39, 0.29) is 24.8 Å². The molecule has 4 rings (SSSR count). The zero-order valence-electron chi connectivity index (χ0n) is 19.1. The van der Waals surface area contributed by atoms with Crippen molar-refractivity contribution >= 4 is 46.4 Å². The summed E-state index contributed by atoms with van der Waals surface area (Å²) < 4.78 is 11.3. The lowest BCUT2D eigenvalue weighted by Gasteiger charge is -2.17. The zero-order chi connectivity index (χ0) is 24.8. The molecule has 0 saturated carbocycles. The van der Waals surface area contributed by atoms with E-state index in [1.165, 1.54) is 0 Å². The minimum Gasteiger partial charge on any atom is -0.494 e. The van der Waals surface area contributed by atoms with Crippen LogP contribution in [0.15, 0.2) is 66.7 Å². The molecule has 0 radical (unpaired) electrons. The molecule has 3 aromatic carbocycles. The number of halogens is 2. The van der Waals surface area contributed by atoms with E-state index in [1.807, 2.05) is 37.3 Å². The summed E-state index contributed by atoms with van der Waals surface area (Å²) in [5.41, 5.74) is 7.79. The molecule has 9 heteroatoms. The van der Waals surface area contributed by atoms with Gasteiger partial charge in [-0.3, -0.25) is 20.4 Å². The van der Waals surface area contributed by atoms with Crippen molar-refractivity contribution in [3.8, 4) is 11.5 Å². The number of hydrogen-bond donors (Lipinski definition) is 2. The smallest absolute Gasteiger partial charge is 0.243 e. The van der Waals surface area contributed by atoms with Crippen LogP contribution in [-0.4, -0.2) is 25.0 Å². The Morgan fingerprint density at radius 3 is 2.57 bits per heavy atom. The topological polar surface area (TPSA) is 79.9 Å². The first-order valence-electron chi connectivity index (χ1n) is 11.2. The number of carbonyl (C=O) groups is 2. The van der Waals surface area contributed by atoms with E-state index in [2.05, 4.69) is 10.9 Å². The Morgan fingerprint density at radius 1 is 1.03 bits per heavy atom. The van der Waals surface area contributed by atoms with Crippen molar-refractivity contribution in [1.29, 1.82) is 0 Å². The van der Waals surface area contributed by atoms with E-state index in [0.29, 0.717) is 34.6 Å². The molecule has 35 heavy (non-hydrogen) atoms. The molecule has 0 unspecified atom stereocenters. The number of hydrazine groups is 1. The molecular formula is C26H25Cl2N3O4. The fraction of sp³-hybridized carbons (Fsp3) is 0.231. The third-order valence-electron chi connectivity index (χ3n) is 5.53. The number of anilines is 2. The van der Waals surface area contributed by atoms with Gasteiger partial charge in [0.05, 0.1) is 18.2 Å². The van der Waals surface area contributed by atoms with Crippen molar-refractivity contribution in [2.24, 2.45) is 5.92 Å². The SMILES string of the molecule is CCOc1ccc(N2C[C@H](C(=O)NNc3cccc(OCc4ccc(Cl)cc4Cl)c3)CC2=O)cc1. The molecule has 3 aromatic rings. The van der Waals surface area contributed by atoms with Crippen LogP contribution in [0.25, 0.3) is 0 Å². The average Bonchev–Trinajstić information content (AvgIpc) is 3.24. The van der Waals surface area contributed by atoms with Crippen molar-refractivity contribution in [2.45, 2.75) is 20.0 Å². The van der Waals surface area contributed by atoms with E-state index in [4.69, 9.17) is 32.7 Å². The quantitative estimate of drug-likeness (QED) is 0.371. The van der Waals surface area contributed by atoms with E-state index in [1.54, 1.807) is 41.3 Å². The first kappa shape index (κ1) is 24.7. The van der Waals surface area contributed by atoms with Gasteiger partial charge < -0.3 is 14.4 Å². The monoisotopic (exact) mass is 513 g/mol. The standard InChI is InChI=1S/C26H25Cl2N3O4/c1-2-34-22-10-8-21(9-11-22)31-15-18(12-25(31)32)26(33)30-29-20-4-3-5-23(14-20)35-16-17-6-7-19(27)13-24(17)28/h3-11,13-14,18,29H,2,12,15-16H2,1H3,(H,30,33)/t18-/m1/s1. The van der Waals surface area contributed by atoms with Gasteiger partial charge >= 0.3 is 0 Å². The van der Waals surface area contributed by atoms with E-state index >= 15 is 0 Å². The van der Waals surface area contributed by atoms with Crippen molar-refractivity contribution in [1.82, 2.24) is 5.43 Å². The summed E-state index contributed by atoms with van der Waals surface area (Å²) in [4.78, 5) is 26.8. The summed E-state index contributed by atoms with van der Waals surface area (Å²) >= 11 is 12.1. The maximum atomic E-state index is 12.7. The number of benzene rings is 3. The van der Waals surface area contributed by atoms with Crippen LogP contribution in [0.5, 0.6) is 11.5 Å². The Bertz CT molecular complexity index is 1200. The predicted molar refractivity (Wildman–Crippen MR) is 137 cm³/mol. The zero-order valence-corrected chi connectivity index (χ0v) is 20.6. The largest absolute Gasteiger partial charge is 0.494 e. The fourth-order valence-electron chi connectivity index (χ4n) is 3.72. The molecule has 1 saturated heterocycles. The molecule has 2 N–H and O–H groups in total. The van der Waals surface area contributed by atoms with Gasteiger partial charge in [-0.25, -0.2) is 0 Å². The van der Waals surface area contributed by atoms with Crippen LogP contribution in [0.2, 0.25) is 10.0 Å². The van der Waals surface area contributed by atoms with Crippen LogP contribution in [-0.2, 0) is 16.2 Å². The third kappa shape index (κ3) is 6.38. The molecule has 1 aliphatic heterocycles. The first-order chi connectivity index (χ1) is 16.9. The second-order valence-corrected chi connectivity index (χ2v) is 8.84. The van der Waals surface area contributed by atoms with Crippen LogP contribution >= 0.6 is 23.2 Å². The molecule has 0 aliphatic carbocycles. The molecule has 1 atom stereocenters. The number of amides is 2. The number of nitrogens with one attached hydrogen (secondary N) is 2. The van der Waals surface area contributed by atoms with Crippen molar-refractivity contribution in [2.75, 3.05) is 23.5 Å². The summed E-state index contributed by atoms with van der Waals surface area (Å²) in [6, 6.07) is 19.7. The van der Waals surface area contributed by atoms with Gasteiger partial charge in [-0.05, 0) is 55.5 Å². The first-order valence-corrected chi connectivity index (χ1v) is 11.9. The highest BCUT2D eigenvalue weighted by Crippen LogP contribution is 2.27. The lowest BCUT2D eigenvalue weighted by molar-refractivity contribution is -0.125. The summed E-state index contributed by atoms with van der Waals surface area (Å²) in [5.74, 6) is 0.529. The molecule has 1 fully saturated rings. The molecule has 0 aromatic heterocycles. The van der Waals surface area contributed by atoms with Gasteiger partial charge in [0.2, 0.25) is 11.8 Å². The highest BCUT2D eigenvalue weighted by atomic mass is 35.5. The average molecular weight is 514 g/mol. The van der Waals surface area contributed by atoms with E-state index in [0.717, 1.165) is 17.0 Å². The summed E-state index contributed by atoms with van der Waals surface area (Å²) in [5, 5.41) is 1.09. The van der Waals surface area contributed by atoms with Crippen LogP contribution in [0.4, 0.5) is 11.4 Å². The van der Waals surface area contributed by atoms with Crippen LogP contribution in [0.3, 0.4) is 0 Å². The molecule has 0 bridgehead atoms. The van der Waals surface area contributed by atoms with Gasteiger partial charge in [-0.15, -0.1) is 0 Å². The Balaban J connectivity index is 1.30. The normalized spacial score (nSPS) is 15.1. The third-order valence-corrected chi connectivity index (χ3v) is 6.12. The summed E-state index contributed by atoms with van der Waals surface area (Å²) in [7, 11) is 0. The van der Waals surface area contributed by atoms with Gasteiger partial charge in [0.15, 0.2) is 0 Å². The van der Waals surface area contributed by atoms with Gasteiger partial charge in [0.1, 0.15) is 18.1 Å². The molecule has 2 amide bonds. The van der Waals surface area contributed by atoms with Gasteiger partial charge in [-0.1, -0.05) is 35.3 Å². The van der Waals surface area contributed by atoms with Crippen molar-refractivity contribution < 1.29 is 19.1 Å². The number of ether oxygens (including phenoxy) is 2. The van der Waals surface area contributed by atoms with Gasteiger partial charge in [0.25, 0.3) is 0 Å². The van der Waals surface area contributed by atoms with Crippen LogP contribution in [0, 0.1) is 5.92 Å². The van der Waals surface area contributed by atoms with Crippen molar-refractivity contribution in [3.63, 3.8) is 0 Å². The Labute approximate surface area is 213 Å². The second kappa shape index (κ2) is 11.3. The Morgan fingerprint density at radius 2 is 1.83 bits per heavy atom. The van der Waals surface area contributed by atoms with Crippen molar-refractivity contribution in [3.05, 3.63) is 82.3 Å². The lowest BCUT2D eigenvalue weighted by Crippen LogP contribution is -2.36. The number of carbonyl (C=O) groups excluding carboxylic acids is 2. The lowest BCUT2D eigenvalue weighted by atomic mass is 10.1. The molecular weight excluding hydrogens is 489 g/mol. The van der Waals surface area contributed by atoms with E-state index < -0.39 is 5.92 Å². The summed E-state index contributed by atoms with van der Waals surface area (Å²) in [6.45, 7) is 3.07. The maximum Gasteiger partial charge on any atom is 0.243 e. The summed E-state index contributed by atoms with van der Waals surface area (Å²) in [6.07, 6.45) is 0.145. The molecule has 182 valence electrons. The predicted octanol–water partition coefficient (Wildman–Crippen LogP) is 5.47. The van der Waals surface area contributed by atoms with E-state index in [9.17, 15) is 9.59 Å². The Hall–Kier alpha value is -3.42. The number of hydrogen-bond acceptors (Lipinski definition) is 5. The Kier molecular flexibility index (Phi) is 8.00. The minimum absolute atomic E-state index is 0.0921. The second-order valence-electron chi connectivity index (χ2n) is 8.00. The molecule has 0 spiro atoms. The fourth-order valence-corrected chi connectivity index (χ4v) is 4.18. The van der Waals surface area contributed by atoms with Gasteiger partial charge in [-0.2, -0.15) is 0 Å². The maximum absolute atomic E-state index is 12.7. The van der Waals surface area contributed by atoms with Crippen LogP contribution < -0.4 is 25.2 Å². The highest BCUT2D eigenvalue weighted by molar-refractivity contribution is 6.35. The van der Waals surface area contributed by atoms with Gasteiger partial charge in [0, 0.05) is 40.3 Å². The number of nitrogens with zero attached hydrogens (tertiary/aromatic N) is 1. The number of rotatable bonds is 9. The molecule has 7 nitrogen and oxygen atoms in total. The highest BCUT2D eigenvalue weighted by Gasteiger charge is 2.35. The molecule has 1 aliphatic rings. The molecule has 1 heterocycles.